The van der Waals surface area contributed by atoms with Crippen LogP contribution in [0.25, 0.3) is 0 Å². The van der Waals surface area contributed by atoms with Crippen molar-refractivity contribution in [3.63, 3.8) is 0 Å². The zero-order valence-corrected chi connectivity index (χ0v) is 15.3. The van der Waals surface area contributed by atoms with E-state index in [1.807, 2.05) is 6.92 Å². The zero-order valence-electron chi connectivity index (χ0n) is 13.8. The maximum atomic E-state index is 13.2. The summed E-state index contributed by atoms with van der Waals surface area (Å²) in [5, 5.41) is 0. The van der Waals surface area contributed by atoms with Crippen molar-refractivity contribution in [3.05, 3.63) is 69.4 Å². The van der Waals surface area contributed by atoms with Gasteiger partial charge in [0.2, 0.25) is 0 Å². The van der Waals surface area contributed by atoms with Crippen molar-refractivity contribution in [2.24, 2.45) is 0 Å². The first kappa shape index (κ1) is 19.1. The Morgan fingerprint density at radius 2 is 1.60 bits per heavy atom. The van der Waals surface area contributed by atoms with Gasteiger partial charge in [0, 0.05) is 10.0 Å². The fourth-order valence-electron chi connectivity index (χ4n) is 2.02. The van der Waals surface area contributed by atoms with Crippen molar-refractivity contribution < 1.29 is 23.5 Å². The van der Waals surface area contributed by atoms with E-state index in [1.165, 1.54) is 36.4 Å². The SMILES string of the molecule is CCCCOC(=O)c1ccc(C(=O)OCc2cc(F)ccc2Br)cc1. The van der Waals surface area contributed by atoms with Gasteiger partial charge in [-0.1, -0.05) is 29.3 Å². The highest BCUT2D eigenvalue weighted by molar-refractivity contribution is 9.10. The lowest BCUT2D eigenvalue weighted by Crippen LogP contribution is -2.08. The van der Waals surface area contributed by atoms with Crippen LogP contribution in [0.5, 0.6) is 0 Å². The summed E-state index contributed by atoms with van der Waals surface area (Å²) in [6, 6.07) is 10.2. The minimum absolute atomic E-state index is 0.0576. The summed E-state index contributed by atoms with van der Waals surface area (Å²) in [6.07, 6.45) is 1.76. The Hall–Kier alpha value is -2.21. The molecule has 0 aliphatic heterocycles. The number of esters is 2. The Kier molecular flexibility index (Phi) is 7.13. The van der Waals surface area contributed by atoms with E-state index < -0.39 is 17.8 Å². The fraction of sp³-hybridized carbons (Fsp3) is 0.263. The molecule has 0 fully saturated rings. The van der Waals surface area contributed by atoms with Crippen molar-refractivity contribution in [2.75, 3.05) is 6.61 Å². The third-order valence-corrected chi connectivity index (χ3v) is 4.23. The number of benzene rings is 2. The largest absolute Gasteiger partial charge is 0.462 e. The summed E-state index contributed by atoms with van der Waals surface area (Å²) in [5.41, 5.74) is 1.21. The van der Waals surface area contributed by atoms with Crippen molar-refractivity contribution in [1.29, 1.82) is 0 Å². The standard InChI is InChI=1S/C19H18BrFO4/c1-2-3-10-24-18(22)13-4-6-14(7-5-13)19(23)25-12-15-11-16(21)8-9-17(15)20/h4-9,11H,2-3,10,12H2,1H3. The molecule has 2 aromatic carbocycles. The Labute approximate surface area is 154 Å². The molecule has 0 bridgehead atoms. The molecule has 2 rings (SSSR count). The van der Waals surface area contributed by atoms with Crippen LogP contribution in [-0.2, 0) is 16.1 Å². The Morgan fingerprint density at radius 3 is 2.20 bits per heavy atom. The van der Waals surface area contributed by atoms with Gasteiger partial charge < -0.3 is 9.47 Å². The molecule has 132 valence electrons. The molecule has 25 heavy (non-hydrogen) atoms. The van der Waals surface area contributed by atoms with E-state index >= 15 is 0 Å². The van der Waals surface area contributed by atoms with Gasteiger partial charge in [0.1, 0.15) is 12.4 Å². The van der Waals surface area contributed by atoms with Crippen LogP contribution in [0.3, 0.4) is 0 Å². The molecular formula is C19H18BrFO4. The minimum Gasteiger partial charge on any atom is -0.462 e. The predicted octanol–water partition coefficient (Wildman–Crippen LogP) is 4.90. The average molecular weight is 409 g/mol. The Balaban J connectivity index is 1.93. The van der Waals surface area contributed by atoms with Gasteiger partial charge in [0.25, 0.3) is 0 Å². The number of ether oxygens (including phenoxy) is 2. The summed E-state index contributed by atoms with van der Waals surface area (Å²) < 4.78 is 24.2. The predicted molar refractivity (Wildman–Crippen MR) is 94.9 cm³/mol. The van der Waals surface area contributed by atoms with Gasteiger partial charge in [-0.25, -0.2) is 14.0 Å². The molecule has 0 saturated heterocycles. The lowest BCUT2D eigenvalue weighted by molar-refractivity contribution is 0.0465. The summed E-state index contributed by atoms with van der Waals surface area (Å²) in [4.78, 5) is 23.9. The van der Waals surface area contributed by atoms with Gasteiger partial charge in [-0.2, -0.15) is 0 Å². The molecule has 6 heteroatoms. The van der Waals surface area contributed by atoms with Crippen LogP contribution in [0.15, 0.2) is 46.9 Å². The van der Waals surface area contributed by atoms with Crippen molar-refractivity contribution in [1.82, 2.24) is 0 Å². The number of unbranched alkanes of at least 4 members (excludes halogenated alkanes) is 1. The molecule has 4 nitrogen and oxygen atoms in total. The summed E-state index contributed by atoms with van der Waals surface area (Å²) in [5.74, 6) is -1.38. The van der Waals surface area contributed by atoms with Gasteiger partial charge in [0.05, 0.1) is 17.7 Å². The molecule has 0 amide bonds. The molecule has 0 atom stereocenters. The van der Waals surface area contributed by atoms with E-state index in [4.69, 9.17) is 9.47 Å². The van der Waals surface area contributed by atoms with E-state index in [9.17, 15) is 14.0 Å². The van der Waals surface area contributed by atoms with Crippen molar-refractivity contribution in [2.45, 2.75) is 26.4 Å². The summed E-state index contributed by atoms with van der Waals surface area (Å²) in [7, 11) is 0. The fourth-order valence-corrected chi connectivity index (χ4v) is 2.38. The highest BCUT2D eigenvalue weighted by atomic mass is 79.9. The number of hydrogen-bond donors (Lipinski definition) is 0. The number of carbonyl (C=O) groups is 2. The van der Waals surface area contributed by atoms with E-state index in [-0.39, 0.29) is 6.61 Å². The first-order valence-corrected chi connectivity index (χ1v) is 8.68. The minimum atomic E-state index is -0.554. The maximum absolute atomic E-state index is 13.2. The molecular weight excluding hydrogens is 391 g/mol. The third-order valence-electron chi connectivity index (χ3n) is 3.45. The van der Waals surface area contributed by atoms with Crippen LogP contribution in [0, 0.1) is 5.82 Å². The van der Waals surface area contributed by atoms with Gasteiger partial charge in [-0.15, -0.1) is 0 Å². The first-order chi connectivity index (χ1) is 12.0. The van der Waals surface area contributed by atoms with Crippen molar-refractivity contribution in [3.8, 4) is 0 Å². The Bertz CT molecular complexity index is 744. The van der Waals surface area contributed by atoms with Gasteiger partial charge in [-0.3, -0.25) is 0 Å². The summed E-state index contributed by atoms with van der Waals surface area (Å²) >= 11 is 3.28. The number of rotatable bonds is 7. The molecule has 0 aliphatic rings. The lowest BCUT2D eigenvalue weighted by atomic mass is 10.1. The van der Waals surface area contributed by atoms with E-state index in [2.05, 4.69) is 15.9 Å². The average Bonchev–Trinajstić information content (AvgIpc) is 2.62. The molecule has 0 N–H and O–H groups in total. The highest BCUT2D eigenvalue weighted by Gasteiger charge is 2.12. The molecule has 0 unspecified atom stereocenters. The molecule has 0 saturated carbocycles. The normalized spacial score (nSPS) is 10.4. The molecule has 0 aliphatic carbocycles. The lowest BCUT2D eigenvalue weighted by Gasteiger charge is -2.08. The van der Waals surface area contributed by atoms with Crippen LogP contribution in [-0.4, -0.2) is 18.5 Å². The van der Waals surface area contributed by atoms with E-state index in [0.29, 0.717) is 27.8 Å². The molecule has 0 radical (unpaired) electrons. The van der Waals surface area contributed by atoms with E-state index in [1.54, 1.807) is 6.07 Å². The smallest absolute Gasteiger partial charge is 0.338 e. The van der Waals surface area contributed by atoms with Crippen molar-refractivity contribution >= 4 is 27.9 Å². The number of hydrogen-bond acceptors (Lipinski definition) is 4. The van der Waals surface area contributed by atoms with Gasteiger partial charge in [-0.05, 0) is 48.9 Å². The maximum Gasteiger partial charge on any atom is 0.338 e. The van der Waals surface area contributed by atoms with E-state index in [0.717, 1.165) is 12.8 Å². The monoisotopic (exact) mass is 408 g/mol. The first-order valence-electron chi connectivity index (χ1n) is 7.89. The second-order valence-corrected chi connectivity index (χ2v) is 6.23. The molecule has 0 heterocycles. The third kappa shape index (κ3) is 5.67. The second kappa shape index (κ2) is 9.32. The summed E-state index contributed by atoms with van der Waals surface area (Å²) in [6.45, 7) is 2.33. The van der Waals surface area contributed by atoms with Crippen LogP contribution in [0.1, 0.15) is 46.0 Å². The van der Waals surface area contributed by atoms with Crippen LogP contribution < -0.4 is 0 Å². The number of carbonyl (C=O) groups excluding carboxylic acids is 2. The van der Waals surface area contributed by atoms with Crippen LogP contribution >= 0.6 is 15.9 Å². The topological polar surface area (TPSA) is 52.6 Å². The van der Waals surface area contributed by atoms with Crippen LogP contribution in [0.4, 0.5) is 4.39 Å². The molecule has 0 aromatic heterocycles. The molecule has 0 spiro atoms. The van der Waals surface area contributed by atoms with Gasteiger partial charge >= 0.3 is 11.9 Å². The quantitative estimate of drug-likeness (QED) is 0.482. The number of halogens is 2. The zero-order chi connectivity index (χ0) is 18.2. The Morgan fingerprint density at radius 1 is 1.00 bits per heavy atom. The molecule has 2 aromatic rings. The highest BCUT2D eigenvalue weighted by Crippen LogP contribution is 2.19. The van der Waals surface area contributed by atoms with Gasteiger partial charge in [0.15, 0.2) is 0 Å². The second-order valence-electron chi connectivity index (χ2n) is 5.38. The van der Waals surface area contributed by atoms with Crippen LogP contribution in [0.2, 0.25) is 0 Å².